The number of oxime groups is 1. The normalized spacial score (nSPS) is 17.1. The van der Waals surface area contributed by atoms with Crippen molar-refractivity contribution in [2.75, 3.05) is 31.1 Å². The molecule has 3 heterocycles. The number of benzene rings is 1. The Labute approximate surface area is 226 Å². The molecule has 0 N–H and O–H groups in total. The van der Waals surface area contributed by atoms with Crippen LogP contribution < -0.4 is 4.90 Å². The molecule has 0 atom stereocenters. The molecule has 1 aliphatic carbocycles. The highest BCUT2D eigenvalue weighted by molar-refractivity contribution is 7.17. The van der Waals surface area contributed by atoms with Crippen LogP contribution in [0.3, 0.4) is 0 Å². The lowest BCUT2D eigenvalue weighted by Crippen LogP contribution is -2.49. The number of hydrogen-bond acceptors (Lipinski definition) is 7. The molecular weight excluding hydrogens is 541 g/mol. The fourth-order valence-corrected chi connectivity index (χ4v) is 5.74. The molecule has 0 bridgehead atoms. The molecule has 1 aromatic carbocycles. The van der Waals surface area contributed by atoms with Crippen molar-refractivity contribution in [3.05, 3.63) is 62.9 Å². The first-order valence-corrected chi connectivity index (χ1v) is 13.4. The first kappa shape index (κ1) is 26.5. The maximum absolute atomic E-state index is 12.9. The second-order valence-corrected chi connectivity index (χ2v) is 10.7. The molecule has 2 aromatic heterocycles. The second kappa shape index (κ2) is 10.9. The van der Waals surface area contributed by atoms with Gasteiger partial charge in [0.15, 0.2) is 10.8 Å². The van der Waals surface area contributed by atoms with E-state index in [9.17, 15) is 18.0 Å². The van der Waals surface area contributed by atoms with Crippen LogP contribution >= 0.6 is 22.9 Å². The summed E-state index contributed by atoms with van der Waals surface area (Å²) in [5.74, 6) is -0.254. The van der Waals surface area contributed by atoms with E-state index >= 15 is 0 Å². The van der Waals surface area contributed by atoms with E-state index in [0.29, 0.717) is 43.5 Å². The van der Waals surface area contributed by atoms with Gasteiger partial charge in [0.2, 0.25) is 5.91 Å². The van der Waals surface area contributed by atoms with Gasteiger partial charge >= 0.3 is 6.18 Å². The fourth-order valence-electron chi connectivity index (χ4n) is 4.44. The highest BCUT2D eigenvalue weighted by Crippen LogP contribution is 2.33. The third-order valence-electron chi connectivity index (χ3n) is 6.55. The number of nitrogens with zero attached hydrogens (tertiary/aromatic N) is 6. The average molecular weight is 567 g/mol. The summed E-state index contributed by atoms with van der Waals surface area (Å²) in [6, 6.07) is 8.39. The summed E-state index contributed by atoms with van der Waals surface area (Å²) in [4.78, 5) is 28.1. The molecule has 2 aliphatic rings. The van der Waals surface area contributed by atoms with Gasteiger partial charge in [0.05, 0.1) is 16.3 Å². The topological polar surface area (TPSA) is 75.9 Å². The van der Waals surface area contributed by atoms with Crippen molar-refractivity contribution in [1.82, 2.24) is 19.7 Å². The van der Waals surface area contributed by atoms with Gasteiger partial charge in [-0.25, -0.2) is 4.98 Å². The number of amides is 1. The Balaban J connectivity index is 1.18. The van der Waals surface area contributed by atoms with Gasteiger partial charge in [-0.3, -0.25) is 9.48 Å². The standard InChI is InChI=1S/C25H26ClF3N6O2S/c1-16-13-21(25(27,28)29)31-35(16)14-22(36)33-9-11-34(12-10-33)24-30-19-3-2-4-20(23(19)38-24)32-37-15-17-5-7-18(26)8-6-17/h5-8,13H,2-4,9-12,14-15H2,1H3. The summed E-state index contributed by atoms with van der Waals surface area (Å²) in [5, 5.41) is 9.52. The Morgan fingerprint density at radius 3 is 2.58 bits per heavy atom. The zero-order chi connectivity index (χ0) is 26.9. The van der Waals surface area contributed by atoms with Crippen molar-refractivity contribution >= 4 is 39.7 Å². The quantitative estimate of drug-likeness (QED) is 0.396. The van der Waals surface area contributed by atoms with Crippen molar-refractivity contribution in [1.29, 1.82) is 0 Å². The third kappa shape index (κ3) is 5.96. The monoisotopic (exact) mass is 566 g/mol. The predicted octanol–water partition coefficient (Wildman–Crippen LogP) is 4.93. The molecule has 0 unspecified atom stereocenters. The maximum Gasteiger partial charge on any atom is 0.435 e. The smallest absolute Gasteiger partial charge is 0.391 e. The zero-order valence-corrected chi connectivity index (χ0v) is 22.2. The predicted molar refractivity (Wildman–Crippen MR) is 139 cm³/mol. The molecule has 5 rings (SSSR count). The first-order chi connectivity index (χ1) is 18.2. The van der Waals surface area contributed by atoms with E-state index in [1.165, 1.54) is 6.92 Å². The number of hydrogen-bond donors (Lipinski definition) is 0. The minimum Gasteiger partial charge on any atom is -0.391 e. The lowest BCUT2D eigenvalue weighted by molar-refractivity contribution is -0.142. The minimum absolute atomic E-state index is 0.219. The number of anilines is 1. The third-order valence-corrected chi connectivity index (χ3v) is 8.01. The van der Waals surface area contributed by atoms with Crippen LogP contribution in [0.2, 0.25) is 5.02 Å². The molecule has 202 valence electrons. The number of carbonyl (C=O) groups excluding carboxylic acids is 1. The van der Waals surface area contributed by atoms with Crippen molar-refractivity contribution in [2.24, 2.45) is 5.16 Å². The number of rotatable bonds is 6. The molecule has 0 saturated carbocycles. The van der Waals surface area contributed by atoms with Gasteiger partial charge in [0.1, 0.15) is 13.2 Å². The van der Waals surface area contributed by atoms with Crippen molar-refractivity contribution in [3.8, 4) is 0 Å². The van der Waals surface area contributed by atoms with E-state index in [0.717, 1.165) is 57.0 Å². The van der Waals surface area contributed by atoms with Gasteiger partial charge in [-0.1, -0.05) is 40.2 Å². The molecule has 8 nitrogen and oxygen atoms in total. The number of carbonyl (C=O) groups is 1. The summed E-state index contributed by atoms with van der Waals surface area (Å²) >= 11 is 7.51. The molecule has 1 aliphatic heterocycles. The molecule has 1 fully saturated rings. The Hall–Kier alpha value is -3.12. The van der Waals surface area contributed by atoms with E-state index < -0.39 is 11.9 Å². The Morgan fingerprint density at radius 2 is 1.89 bits per heavy atom. The molecule has 1 saturated heterocycles. The molecule has 3 aromatic rings. The number of aryl methyl sites for hydroxylation is 2. The number of aromatic nitrogens is 3. The molecule has 38 heavy (non-hydrogen) atoms. The van der Waals surface area contributed by atoms with Crippen LogP contribution in [0.15, 0.2) is 35.5 Å². The molecule has 0 radical (unpaired) electrons. The summed E-state index contributed by atoms with van der Waals surface area (Å²) < 4.78 is 39.9. The van der Waals surface area contributed by atoms with E-state index in [1.54, 1.807) is 16.2 Å². The van der Waals surface area contributed by atoms with Gasteiger partial charge in [-0.05, 0) is 49.9 Å². The van der Waals surface area contributed by atoms with Gasteiger partial charge in [0.25, 0.3) is 0 Å². The molecule has 1 amide bonds. The van der Waals surface area contributed by atoms with Gasteiger partial charge < -0.3 is 14.6 Å². The van der Waals surface area contributed by atoms with Gasteiger partial charge in [-0.15, -0.1) is 0 Å². The lowest BCUT2D eigenvalue weighted by Gasteiger charge is -2.34. The van der Waals surface area contributed by atoms with Crippen LogP contribution in [-0.2, 0) is 35.4 Å². The Bertz CT molecular complexity index is 1330. The van der Waals surface area contributed by atoms with Gasteiger partial charge in [0, 0.05) is 36.9 Å². The molecule has 0 spiro atoms. The van der Waals surface area contributed by atoms with Crippen LogP contribution in [0.5, 0.6) is 0 Å². The number of fused-ring (bicyclic) bond motifs is 1. The number of piperazine rings is 1. The fraction of sp³-hybridized carbons (Fsp3) is 0.440. The Kier molecular flexibility index (Phi) is 7.62. The summed E-state index contributed by atoms with van der Waals surface area (Å²) in [6.45, 7) is 3.74. The summed E-state index contributed by atoms with van der Waals surface area (Å²) in [5.41, 5.74) is 2.20. The summed E-state index contributed by atoms with van der Waals surface area (Å²) in [7, 11) is 0. The van der Waals surface area contributed by atoms with Crippen molar-refractivity contribution in [3.63, 3.8) is 0 Å². The minimum atomic E-state index is -4.54. The van der Waals surface area contributed by atoms with Crippen LogP contribution in [0.1, 0.15) is 40.4 Å². The van der Waals surface area contributed by atoms with Crippen LogP contribution in [0.4, 0.5) is 18.3 Å². The summed E-state index contributed by atoms with van der Waals surface area (Å²) in [6.07, 6.45) is -1.89. The SMILES string of the molecule is Cc1cc(C(F)(F)F)nn1CC(=O)N1CCN(c2nc3c(s2)C(=NOCc2ccc(Cl)cc2)CCC3)CC1. The zero-order valence-electron chi connectivity index (χ0n) is 20.7. The molecular formula is C25H26ClF3N6O2S. The number of halogens is 4. The van der Waals surface area contributed by atoms with Crippen molar-refractivity contribution < 1.29 is 22.8 Å². The van der Waals surface area contributed by atoms with Gasteiger partial charge in [-0.2, -0.15) is 18.3 Å². The lowest BCUT2D eigenvalue weighted by atomic mass is 10.0. The Morgan fingerprint density at radius 1 is 1.16 bits per heavy atom. The van der Waals surface area contributed by atoms with E-state index in [1.807, 2.05) is 24.3 Å². The van der Waals surface area contributed by atoms with E-state index in [-0.39, 0.29) is 12.5 Å². The largest absolute Gasteiger partial charge is 0.435 e. The first-order valence-electron chi connectivity index (χ1n) is 12.2. The number of thiazole rings is 1. The van der Waals surface area contributed by atoms with E-state index in [2.05, 4.69) is 15.2 Å². The maximum atomic E-state index is 12.9. The molecule has 13 heteroatoms. The van der Waals surface area contributed by atoms with Crippen LogP contribution in [0, 0.1) is 6.92 Å². The van der Waals surface area contributed by atoms with Crippen LogP contribution in [-0.4, -0.2) is 57.5 Å². The van der Waals surface area contributed by atoms with E-state index in [4.69, 9.17) is 21.4 Å². The van der Waals surface area contributed by atoms with Crippen LogP contribution in [0.25, 0.3) is 0 Å². The van der Waals surface area contributed by atoms with Crippen molar-refractivity contribution in [2.45, 2.75) is 45.5 Å². The highest BCUT2D eigenvalue weighted by Gasteiger charge is 2.35. The number of alkyl halides is 3. The highest BCUT2D eigenvalue weighted by atomic mass is 35.5. The average Bonchev–Trinajstić information content (AvgIpc) is 3.49. The second-order valence-electron chi connectivity index (χ2n) is 9.26.